The molecule has 0 radical (unpaired) electrons. The summed E-state index contributed by atoms with van der Waals surface area (Å²) in [6.07, 6.45) is 1.81. The van der Waals surface area contributed by atoms with Crippen LogP contribution >= 0.6 is 11.3 Å². The standard InChI is InChI=1S/C18H15N3O2S/c1-2-12-20-17(14-8-10-16(11-9-14)21(22)23)13-24-18(20)19-15-6-4-3-5-7-15/h2-11,13H,1,12H2. The zero-order valence-electron chi connectivity index (χ0n) is 12.8. The number of nitro groups is 1. The van der Waals surface area contributed by atoms with Crippen molar-refractivity contribution in [2.24, 2.45) is 4.99 Å². The van der Waals surface area contributed by atoms with Gasteiger partial charge in [-0.25, -0.2) is 4.99 Å². The van der Waals surface area contributed by atoms with Crippen LogP contribution < -0.4 is 4.80 Å². The van der Waals surface area contributed by atoms with Crippen molar-refractivity contribution in [3.63, 3.8) is 0 Å². The van der Waals surface area contributed by atoms with Crippen LogP contribution in [0, 0.1) is 10.1 Å². The molecular weight excluding hydrogens is 322 g/mol. The summed E-state index contributed by atoms with van der Waals surface area (Å²) in [4.78, 5) is 15.9. The molecule has 0 aliphatic carbocycles. The maximum absolute atomic E-state index is 10.8. The lowest BCUT2D eigenvalue weighted by Gasteiger charge is -2.06. The normalized spacial score (nSPS) is 11.4. The smallest absolute Gasteiger partial charge is 0.269 e. The highest BCUT2D eigenvalue weighted by Gasteiger charge is 2.10. The van der Waals surface area contributed by atoms with Gasteiger partial charge in [0.25, 0.3) is 5.69 Å². The van der Waals surface area contributed by atoms with Crippen LogP contribution in [0.2, 0.25) is 0 Å². The molecule has 0 aliphatic rings. The van der Waals surface area contributed by atoms with Crippen LogP contribution in [0.3, 0.4) is 0 Å². The molecule has 0 amide bonds. The summed E-state index contributed by atoms with van der Waals surface area (Å²) in [6, 6.07) is 16.3. The first-order valence-corrected chi connectivity index (χ1v) is 8.21. The van der Waals surface area contributed by atoms with Crippen molar-refractivity contribution in [2.75, 3.05) is 0 Å². The Balaban J connectivity index is 2.07. The molecule has 24 heavy (non-hydrogen) atoms. The number of thiazole rings is 1. The monoisotopic (exact) mass is 337 g/mol. The van der Waals surface area contributed by atoms with E-state index in [0.717, 1.165) is 21.7 Å². The minimum atomic E-state index is -0.397. The lowest BCUT2D eigenvalue weighted by atomic mass is 10.1. The van der Waals surface area contributed by atoms with Gasteiger partial charge in [0.15, 0.2) is 4.80 Å². The molecule has 0 unspecified atom stereocenters. The number of hydrogen-bond donors (Lipinski definition) is 0. The Morgan fingerprint density at radius 1 is 1.17 bits per heavy atom. The molecule has 2 aromatic carbocycles. The molecule has 1 heterocycles. The number of nitrogens with zero attached hydrogens (tertiary/aromatic N) is 3. The van der Waals surface area contributed by atoms with Gasteiger partial charge in [-0.15, -0.1) is 17.9 Å². The Morgan fingerprint density at radius 2 is 1.88 bits per heavy atom. The first-order chi connectivity index (χ1) is 11.7. The van der Waals surface area contributed by atoms with E-state index in [-0.39, 0.29) is 5.69 Å². The number of nitro benzene ring substituents is 1. The largest absolute Gasteiger partial charge is 0.313 e. The van der Waals surface area contributed by atoms with E-state index in [1.54, 1.807) is 12.1 Å². The first kappa shape index (κ1) is 15.9. The second kappa shape index (κ2) is 7.06. The van der Waals surface area contributed by atoms with Gasteiger partial charge in [-0.2, -0.15) is 0 Å². The molecule has 0 spiro atoms. The predicted molar refractivity (Wildman–Crippen MR) is 96.3 cm³/mol. The van der Waals surface area contributed by atoms with Crippen LogP contribution in [0.1, 0.15) is 0 Å². The van der Waals surface area contributed by atoms with Gasteiger partial charge in [0.1, 0.15) is 0 Å². The molecule has 0 fully saturated rings. The molecule has 120 valence electrons. The van der Waals surface area contributed by atoms with Gasteiger partial charge in [0.2, 0.25) is 0 Å². The Morgan fingerprint density at radius 3 is 2.50 bits per heavy atom. The molecule has 0 saturated carbocycles. The van der Waals surface area contributed by atoms with Crippen molar-refractivity contribution in [1.29, 1.82) is 0 Å². The van der Waals surface area contributed by atoms with E-state index < -0.39 is 4.92 Å². The number of non-ortho nitro benzene ring substituents is 1. The lowest BCUT2D eigenvalue weighted by molar-refractivity contribution is -0.384. The van der Waals surface area contributed by atoms with Crippen LogP contribution in [-0.4, -0.2) is 9.49 Å². The Kier molecular flexibility index (Phi) is 4.67. The fraction of sp³-hybridized carbons (Fsp3) is 0.0556. The molecule has 0 saturated heterocycles. The average Bonchev–Trinajstić information content (AvgIpc) is 2.99. The average molecular weight is 337 g/mol. The summed E-state index contributed by atoms with van der Waals surface area (Å²) >= 11 is 1.53. The van der Waals surface area contributed by atoms with Crippen molar-refractivity contribution in [3.8, 4) is 11.3 Å². The van der Waals surface area contributed by atoms with Crippen molar-refractivity contribution >= 4 is 22.7 Å². The summed E-state index contributed by atoms with van der Waals surface area (Å²) in [5, 5.41) is 12.8. The summed E-state index contributed by atoms with van der Waals surface area (Å²) in [6.45, 7) is 4.42. The van der Waals surface area contributed by atoms with Crippen molar-refractivity contribution in [3.05, 3.63) is 87.5 Å². The zero-order chi connectivity index (χ0) is 16.9. The van der Waals surface area contributed by atoms with Gasteiger partial charge in [0, 0.05) is 24.1 Å². The molecule has 0 N–H and O–H groups in total. The third kappa shape index (κ3) is 3.33. The van der Waals surface area contributed by atoms with E-state index in [4.69, 9.17) is 0 Å². The number of allylic oxidation sites excluding steroid dienone is 1. The highest BCUT2D eigenvalue weighted by Crippen LogP contribution is 2.23. The fourth-order valence-corrected chi connectivity index (χ4v) is 3.26. The molecular formula is C18H15N3O2S. The van der Waals surface area contributed by atoms with Gasteiger partial charge >= 0.3 is 0 Å². The SMILES string of the molecule is C=CCn1c(-c2ccc([N+](=O)[O-])cc2)csc1=Nc1ccccc1. The molecule has 6 heteroatoms. The van der Waals surface area contributed by atoms with Crippen LogP contribution in [0.5, 0.6) is 0 Å². The highest BCUT2D eigenvalue weighted by atomic mass is 32.1. The summed E-state index contributed by atoms with van der Waals surface area (Å²) in [5.41, 5.74) is 2.84. The second-order valence-electron chi connectivity index (χ2n) is 5.05. The minimum Gasteiger partial charge on any atom is -0.313 e. The van der Waals surface area contributed by atoms with Gasteiger partial charge in [-0.05, 0) is 29.8 Å². The van der Waals surface area contributed by atoms with E-state index in [9.17, 15) is 10.1 Å². The van der Waals surface area contributed by atoms with Crippen molar-refractivity contribution in [1.82, 2.24) is 4.57 Å². The predicted octanol–water partition coefficient (Wildman–Crippen LogP) is 4.54. The molecule has 3 aromatic rings. The van der Waals surface area contributed by atoms with Crippen LogP contribution in [0.15, 0.2) is 77.6 Å². The number of rotatable bonds is 5. The van der Waals surface area contributed by atoms with Gasteiger partial charge in [-0.3, -0.25) is 10.1 Å². The Bertz CT molecular complexity index is 925. The summed E-state index contributed by atoms with van der Waals surface area (Å²) < 4.78 is 2.05. The molecule has 1 aromatic heterocycles. The maximum atomic E-state index is 10.8. The van der Waals surface area contributed by atoms with Crippen LogP contribution in [-0.2, 0) is 6.54 Å². The van der Waals surface area contributed by atoms with E-state index in [2.05, 4.69) is 11.6 Å². The highest BCUT2D eigenvalue weighted by molar-refractivity contribution is 7.07. The molecule has 0 bridgehead atoms. The number of benzene rings is 2. The lowest BCUT2D eigenvalue weighted by Crippen LogP contribution is -2.14. The fourth-order valence-electron chi connectivity index (χ4n) is 2.32. The Labute approximate surface area is 143 Å². The van der Waals surface area contributed by atoms with Gasteiger partial charge < -0.3 is 4.57 Å². The van der Waals surface area contributed by atoms with Gasteiger partial charge in [-0.1, -0.05) is 24.3 Å². The molecule has 0 aliphatic heterocycles. The topological polar surface area (TPSA) is 60.4 Å². The number of aromatic nitrogens is 1. The summed E-state index contributed by atoms with van der Waals surface area (Å²) in [7, 11) is 0. The molecule has 0 atom stereocenters. The van der Waals surface area contributed by atoms with Crippen LogP contribution in [0.4, 0.5) is 11.4 Å². The third-order valence-corrected chi connectivity index (χ3v) is 4.33. The van der Waals surface area contributed by atoms with E-state index >= 15 is 0 Å². The number of hydrogen-bond acceptors (Lipinski definition) is 4. The van der Waals surface area contributed by atoms with Gasteiger partial charge in [0.05, 0.1) is 16.3 Å². The molecule has 3 rings (SSSR count). The second-order valence-corrected chi connectivity index (χ2v) is 5.89. The number of para-hydroxylation sites is 1. The quantitative estimate of drug-likeness (QED) is 0.390. The van der Waals surface area contributed by atoms with Crippen LogP contribution in [0.25, 0.3) is 11.3 Å². The van der Waals surface area contributed by atoms with E-state index in [0.29, 0.717) is 6.54 Å². The first-order valence-electron chi connectivity index (χ1n) is 7.33. The summed E-state index contributed by atoms with van der Waals surface area (Å²) in [5.74, 6) is 0. The zero-order valence-corrected chi connectivity index (χ0v) is 13.6. The van der Waals surface area contributed by atoms with E-state index in [1.807, 2.05) is 46.4 Å². The third-order valence-electron chi connectivity index (χ3n) is 3.46. The minimum absolute atomic E-state index is 0.0819. The Hall–Kier alpha value is -2.99. The van der Waals surface area contributed by atoms with Crippen molar-refractivity contribution < 1.29 is 4.92 Å². The maximum Gasteiger partial charge on any atom is 0.269 e. The molecule has 5 nitrogen and oxygen atoms in total. The van der Waals surface area contributed by atoms with Crippen molar-refractivity contribution in [2.45, 2.75) is 6.54 Å². The van der Waals surface area contributed by atoms with E-state index in [1.165, 1.54) is 23.5 Å².